The van der Waals surface area contributed by atoms with Gasteiger partial charge in [0.05, 0.1) is 40.0 Å². The Balaban J connectivity index is 1.85. The van der Waals surface area contributed by atoms with Gasteiger partial charge in [0, 0.05) is 7.05 Å². The molecule has 1 aliphatic rings. The van der Waals surface area contributed by atoms with E-state index in [1.54, 1.807) is 45.3 Å². The minimum Gasteiger partial charge on any atom is -0.493 e. The Morgan fingerprint density at radius 3 is 2.53 bits per heavy atom. The summed E-state index contributed by atoms with van der Waals surface area (Å²) in [7, 11) is 3.27. The van der Waals surface area contributed by atoms with Gasteiger partial charge in [-0.25, -0.2) is 9.79 Å². The van der Waals surface area contributed by atoms with E-state index in [1.165, 1.54) is 16.7 Å². The fraction of sp³-hybridized carbons (Fsp3) is 0.261. The highest BCUT2D eigenvalue weighted by atomic mass is 127. The van der Waals surface area contributed by atoms with E-state index in [9.17, 15) is 9.59 Å². The van der Waals surface area contributed by atoms with Gasteiger partial charge in [0.2, 0.25) is 0 Å². The van der Waals surface area contributed by atoms with E-state index >= 15 is 0 Å². The summed E-state index contributed by atoms with van der Waals surface area (Å²) in [6, 6.07) is 10.5. The first kappa shape index (κ1) is 24.1. The number of carbonyl (C=O) groups excluding carboxylic acids is 2. The molecule has 0 spiro atoms. The van der Waals surface area contributed by atoms with Crippen LogP contribution in [0.15, 0.2) is 46.3 Å². The standard InChI is InChI=1S/C23H23IN2O5S/c1-5-30-20-17(24)11-14(12-18(20)29-4)13-19-21(27)26(3)23(32-19)25-16-9-7-15(8-10-16)22(28)31-6-2/h7-13H,5-6H2,1-4H3. The third-order valence-corrected chi connectivity index (χ3v) is 6.31. The van der Waals surface area contributed by atoms with Crippen LogP contribution in [-0.4, -0.2) is 49.3 Å². The number of hydrogen-bond acceptors (Lipinski definition) is 7. The second-order valence-corrected chi connectivity index (χ2v) is 8.77. The van der Waals surface area contributed by atoms with Gasteiger partial charge in [-0.3, -0.25) is 9.69 Å². The Hall–Kier alpha value is -2.53. The first-order valence-corrected chi connectivity index (χ1v) is 11.8. The molecule has 9 heteroatoms. The molecule has 0 saturated carbocycles. The number of hydrogen-bond donors (Lipinski definition) is 0. The molecule has 0 aliphatic carbocycles. The summed E-state index contributed by atoms with van der Waals surface area (Å²) >= 11 is 3.48. The van der Waals surface area contributed by atoms with Crippen molar-refractivity contribution < 1.29 is 23.8 Å². The number of ether oxygens (including phenoxy) is 3. The van der Waals surface area contributed by atoms with Crippen molar-refractivity contribution in [3.05, 3.63) is 56.0 Å². The zero-order valence-corrected chi connectivity index (χ0v) is 21.2. The van der Waals surface area contributed by atoms with Gasteiger partial charge in [0.15, 0.2) is 16.7 Å². The second kappa shape index (κ2) is 10.9. The molecule has 32 heavy (non-hydrogen) atoms. The normalized spacial score (nSPS) is 16.0. The minimum absolute atomic E-state index is 0.139. The number of halogens is 1. The topological polar surface area (TPSA) is 77.4 Å². The SMILES string of the molecule is CCOC(=O)c1ccc(N=C2SC(=Cc3cc(I)c(OCC)c(OC)c3)C(=O)N2C)cc1. The summed E-state index contributed by atoms with van der Waals surface area (Å²) in [4.78, 5) is 31.2. The van der Waals surface area contributed by atoms with Gasteiger partial charge >= 0.3 is 5.97 Å². The zero-order valence-electron chi connectivity index (χ0n) is 18.2. The number of rotatable bonds is 7. The first-order valence-electron chi connectivity index (χ1n) is 9.91. The molecule has 0 aromatic heterocycles. The van der Waals surface area contributed by atoms with E-state index in [2.05, 4.69) is 27.6 Å². The number of amidine groups is 1. The molecule has 1 heterocycles. The van der Waals surface area contributed by atoms with Gasteiger partial charge in [-0.05, 0) is 96.2 Å². The number of aliphatic imine (C=N–C) groups is 1. The van der Waals surface area contributed by atoms with Crippen molar-refractivity contribution in [2.24, 2.45) is 4.99 Å². The lowest BCUT2D eigenvalue weighted by molar-refractivity contribution is -0.121. The summed E-state index contributed by atoms with van der Waals surface area (Å²) in [6.07, 6.45) is 1.82. The Labute approximate surface area is 205 Å². The van der Waals surface area contributed by atoms with E-state index in [-0.39, 0.29) is 11.9 Å². The molecule has 0 N–H and O–H groups in total. The number of thioether (sulfide) groups is 1. The van der Waals surface area contributed by atoms with Gasteiger partial charge < -0.3 is 14.2 Å². The van der Waals surface area contributed by atoms with Crippen LogP contribution < -0.4 is 9.47 Å². The molecule has 1 saturated heterocycles. The van der Waals surface area contributed by atoms with E-state index < -0.39 is 0 Å². The van der Waals surface area contributed by atoms with Crippen molar-refractivity contribution in [3.8, 4) is 11.5 Å². The zero-order chi connectivity index (χ0) is 23.3. The molecule has 1 amide bonds. The van der Waals surface area contributed by atoms with Crippen molar-refractivity contribution in [2.45, 2.75) is 13.8 Å². The number of likely N-dealkylation sites (N-methyl/N-ethyl adjacent to an activating group) is 1. The Morgan fingerprint density at radius 2 is 1.91 bits per heavy atom. The first-order chi connectivity index (χ1) is 15.4. The van der Waals surface area contributed by atoms with Crippen LogP contribution in [0.2, 0.25) is 0 Å². The minimum atomic E-state index is -0.375. The van der Waals surface area contributed by atoms with Crippen molar-refractivity contribution in [1.29, 1.82) is 0 Å². The number of nitrogens with zero attached hydrogens (tertiary/aromatic N) is 2. The van der Waals surface area contributed by atoms with E-state index in [0.29, 0.717) is 46.0 Å². The van der Waals surface area contributed by atoms with E-state index in [4.69, 9.17) is 14.2 Å². The fourth-order valence-electron chi connectivity index (χ4n) is 2.91. The molecule has 7 nitrogen and oxygen atoms in total. The molecule has 1 aliphatic heterocycles. The summed E-state index contributed by atoms with van der Waals surface area (Å²) in [5.74, 6) is 0.790. The van der Waals surface area contributed by atoms with Crippen molar-refractivity contribution in [2.75, 3.05) is 27.4 Å². The molecule has 2 aromatic rings. The molecule has 168 valence electrons. The molecule has 0 atom stereocenters. The van der Waals surface area contributed by atoms with Gasteiger partial charge in [0.25, 0.3) is 5.91 Å². The number of esters is 1. The molecule has 1 fully saturated rings. The van der Waals surface area contributed by atoms with Gasteiger partial charge in [0.1, 0.15) is 0 Å². The molecule has 2 aromatic carbocycles. The lowest BCUT2D eigenvalue weighted by atomic mass is 10.2. The van der Waals surface area contributed by atoms with Gasteiger partial charge in [-0.15, -0.1) is 0 Å². The van der Waals surface area contributed by atoms with Crippen LogP contribution in [0, 0.1) is 3.57 Å². The maximum atomic E-state index is 12.8. The average Bonchev–Trinajstić information content (AvgIpc) is 3.03. The lowest BCUT2D eigenvalue weighted by Crippen LogP contribution is -2.23. The van der Waals surface area contributed by atoms with Crippen LogP contribution in [0.4, 0.5) is 5.69 Å². The number of amides is 1. The highest BCUT2D eigenvalue weighted by molar-refractivity contribution is 14.1. The maximum Gasteiger partial charge on any atom is 0.338 e. The maximum absolute atomic E-state index is 12.8. The quantitative estimate of drug-likeness (QED) is 0.264. The number of methoxy groups -OCH3 is 1. The second-order valence-electron chi connectivity index (χ2n) is 6.60. The van der Waals surface area contributed by atoms with E-state index in [0.717, 1.165) is 9.13 Å². The van der Waals surface area contributed by atoms with Crippen molar-refractivity contribution in [3.63, 3.8) is 0 Å². The Bertz CT molecular complexity index is 1080. The van der Waals surface area contributed by atoms with Crippen molar-refractivity contribution >= 4 is 63.2 Å². The summed E-state index contributed by atoms with van der Waals surface area (Å²) < 4.78 is 17.0. The Morgan fingerprint density at radius 1 is 1.19 bits per heavy atom. The third-order valence-electron chi connectivity index (χ3n) is 4.44. The molecule has 0 bridgehead atoms. The summed E-state index contributed by atoms with van der Waals surface area (Å²) in [5.41, 5.74) is 1.93. The molecule has 0 unspecified atom stereocenters. The molecular formula is C23H23IN2O5S. The van der Waals surface area contributed by atoms with Gasteiger partial charge in [-0.1, -0.05) is 0 Å². The molecule has 0 radical (unpaired) electrons. The smallest absolute Gasteiger partial charge is 0.338 e. The Kier molecular flexibility index (Phi) is 8.19. The third kappa shape index (κ3) is 5.44. The van der Waals surface area contributed by atoms with Crippen LogP contribution in [0.3, 0.4) is 0 Å². The highest BCUT2D eigenvalue weighted by Crippen LogP contribution is 2.37. The largest absolute Gasteiger partial charge is 0.493 e. The summed E-state index contributed by atoms with van der Waals surface area (Å²) in [5, 5.41) is 0.553. The van der Waals surface area contributed by atoms with Crippen LogP contribution in [0.25, 0.3) is 6.08 Å². The van der Waals surface area contributed by atoms with E-state index in [1.807, 2.05) is 25.1 Å². The van der Waals surface area contributed by atoms with Crippen molar-refractivity contribution in [1.82, 2.24) is 4.90 Å². The van der Waals surface area contributed by atoms with Crippen LogP contribution in [0.1, 0.15) is 29.8 Å². The predicted octanol–water partition coefficient (Wildman–Crippen LogP) is 5.11. The lowest BCUT2D eigenvalue weighted by Gasteiger charge is -2.12. The molecular weight excluding hydrogens is 543 g/mol. The number of carbonyl (C=O) groups is 2. The monoisotopic (exact) mass is 566 g/mol. The predicted molar refractivity (Wildman–Crippen MR) is 135 cm³/mol. The van der Waals surface area contributed by atoms with Gasteiger partial charge in [-0.2, -0.15) is 0 Å². The van der Waals surface area contributed by atoms with Crippen LogP contribution in [0.5, 0.6) is 11.5 Å². The van der Waals surface area contributed by atoms with Crippen LogP contribution >= 0.6 is 34.4 Å². The average molecular weight is 566 g/mol. The van der Waals surface area contributed by atoms with Crippen LogP contribution in [-0.2, 0) is 9.53 Å². The molecule has 3 rings (SSSR count). The number of benzene rings is 2. The highest BCUT2D eigenvalue weighted by Gasteiger charge is 2.30. The fourth-order valence-corrected chi connectivity index (χ4v) is 4.68. The summed E-state index contributed by atoms with van der Waals surface area (Å²) in [6.45, 7) is 4.53.